The van der Waals surface area contributed by atoms with E-state index in [4.69, 9.17) is 4.74 Å². The van der Waals surface area contributed by atoms with E-state index in [-0.39, 0.29) is 6.10 Å². The average Bonchev–Trinajstić information content (AvgIpc) is 2.41. The molecule has 0 aliphatic heterocycles. The minimum Gasteiger partial charge on any atom is -0.386 e. The quantitative estimate of drug-likeness (QED) is 0.790. The van der Waals surface area contributed by atoms with Gasteiger partial charge in [0.05, 0.1) is 18.4 Å². The third kappa shape index (κ3) is 2.82. The van der Waals surface area contributed by atoms with Crippen molar-refractivity contribution in [3.8, 4) is 0 Å². The number of ether oxygens (including phenoxy) is 1. The van der Waals surface area contributed by atoms with E-state index in [1.54, 1.807) is 4.68 Å². The maximum atomic E-state index is 9.79. The zero-order valence-electron chi connectivity index (χ0n) is 9.19. The van der Waals surface area contributed by atoms with Crippen LogP contribution in [0.4, 0.5) is 0 Å². The Morgan fingerprint density at radius 2 is 2.21 bits per heavy atom. The van der Waals surface area contributed by atoms with Crippen LogP contribution < -0.4 is 0 Å². The van der Waals surface area contributed by atoms with E-state index in [2.05, 4.69) is 5.10 Å². The van der Waals surface area contributed by atoms with Gasteiger partial charge in [-0.05, 0) is 20.8 Å². The molecule has 1 heterocycles. The van der Waals surface area contributed by atoms with Gasteiger partial charge in [-0.2, -0.15) is 5.10 Å². The Labute approximate surface area is 84.5 Å². The lowest BCUT2D eigenvalue weighted by atomic mass is 10.1. The summed E-state index contributed by atoms with van der Waals surface area (Å²) < 4.78 is 7.03. The van der Waals surface area contributed by atoms with Gasteiger partial charge in [0.15, 0.2) is 0 Å². The van der Waals surface area contributed by atoms with E-state index in [1.165, 1.54) is 0 Å². The molecule has 1 atom stereocenters. The molecular formula is C10H18N2O2. The molecule has 0 aliphatic carbocycles. The van der Waals surface area contributed by atoms with Gasteiger partial charge in [0.2, 0.25) is 0 Å². The zero-order valence-corrected chi connectivity index (χ0v) is 9.19. The lowest BCUT2D eigenvalue weighted by Gasteiger charge is -2.12. The second-order valence-electron chi connectivity index (χ2n) is 3.74. The number of aliphatic hydroxyl groups excluding tert-OH is 1. The molecule has 1 rings (SSSR count). The van der Waals surface area contributed by atoms with Crippen LogP contribution in [0.15, 0.2) is 6.20 Å². The van der Waals surface area contributed by atoms with Crippen molar-refractivity contribution < 1.29 is 9.84 Å². The summed E-state index contributed by atoms with van der Waals surface area (Å²) in [5.41, 5.74) is 1.69. The van der Waals surface area contributed by atoms with Crippen molar-refractivity contribution in [3.05, 3.63) is 17.5 Å². The van der Waals surface area contributed by atoms with Crippen molar-refractivity contribution in [3.63, 3.8) is 0 Å². The smallest absolute Gasteiger partial charge is 0.106 e. The SMILES string of the molecule is Cc1nn(C)cc1C(O)COC(C)C. The fourth-order valence-corrected chi connectivity index (χ4v) is 1.32. The van der Waals surface area contributed by atoms with Crippen LogP contribution in [0.5, 0.6) is 0 Å². The lowest BCUT2D eigenvalue weighted by Crippen LogP contribution is -2.12. The summed E-state index contributed by atoms with van der Waals surface area (Å²) in [4.78, 5) is 0. The third-order valence-electron chi connectivity index (χ3n) is 2.00. The molecule has 0 aromatic carbocycles. The third-order valence-corrected chi connectivity index (χ3v) is 2.00. The van der Waals surface area contributed by atoms with E-state index >= 15 is 0 Å². The van der Waals surface area contributed by atoms with E-state index in [1.807, 2.05) is 34.0 Å². The second-order valence-corrected chi connectivity index (χ2v) is 3.74. The summed E-state index contributed by atoms with van der Waals surface area (Å²) in [7, 11) is 1.84. The molecule has 0 spiro atoms. The first-order valence-electron chi connectivity index (χ1n) is 4.80. The summed E-state index contributed by atoms with van der Waals surface area (Å²) in [5, 5.41) is 13.9. The highest BCUT2D eigenvalue weighted by atomic mass is 16.5. The van der Waals surface area contributed by atoms with Crippen LogP contribution in [0.1, 0.15) is 31.2 Å². The molecule has 1 aromatic heterocycles. The van der Waals surface area contributed by atoms with Gasteiger partial charge < -0.3 is 9.84 Å². The molecule has 14 heavy (non-hydrogen) atoms. The molecule has 4 nitrogen and oxygen atoms in total. The van der Waals surface area contributed by atoms with Crippen molar-refractivity contribution >= 4 is 0 Å². The van der Waals surface area contributed by atoms with Gasteiger partial charge in [-0.15, -0.1) is 0 Å². The monoisotopic (exact) mass is 198 g/mol. The molecule has 0 bridgehead atoms. The Bertz CT molecular complexity index is 294. The van der Waals surface area contributed by atoms with Crippen molar-refractivity contribution in [1.82, 2.24) is 9.78 Å². The van der Waals surface area contributed by atoms with Crippen LogP contribution in [0.2, 0.25) is 0 Å². The molecule has 1 aromatic rings. The fraction of sp³-hybridized carbons (Fsp3) is 0.700. The number of aromatic nitrogens is 2. The Kier molecular flexibility index (Phi) is 3.66. The maximum Gasteiger partial charge on any atom is 0.106 e. The molecule has 0 saturated carbocycles. The van der Waals surface area contributed by atoms with Crippen molar-refractivity contribution in [2.45, 2.75) is 33.0 Å². The molecule has 0 radical (unpaired) electrons. The topological polar surface area (TPSA) is 47.3 Å². The van der Waals surface area contributed by atoms with Gasteiger partial charge in [0, 0.05) is 18.8 Å². The summed E-state index contributed by atoms with van der Waals surface area (Å²) in [6, 6.07) is 0. The van der Waals surface area contributed by atoms with Crippen molar-refractivity contribution in [1.29, 1.82) is 0 Å². The minimum atomic E-state index is -0.578. The van der Waals surface area contributed by atoms with Crippen LogP contribution in [0.25, 0.3) is 0 Å². The molecule has 1 N–H and O–H groups in total. The number of hydrogen-bond donors (Lipinski definition) is 1. The van der Waals surface area contributed by atoms with Gasteiger partial charge in [-0.25, -0.2) is 0 Å². The molecule has 0 saturated heterocycles. The van der Waals surface area contributed by atoms with Crippen LogP contribution in [-0.4, -0.2) is 27.6 Å². The van der Waals surface area contributed by atoms with Crippen LogP contribution >= 0.6 is 0 Å². The number of rotatable bonds is 4. The van der Waals surface area contributed by atoms with Crippen molar-refractivity contribution in [2.75, 3.05) is 6.61 Å². The highest BCUT2D eigenvalue weighted by Crippen LogP contribution is 2.16. The first-order valence-corrected chi connectivity index (χ1v) is 4.80. The normalized spacial score (nSPS) is 13.6. The maximum absolute atomic E-state index is 9.79. The second kappa shape index (κ2) is 4.57. The highest BCUT2D eigenvalue weighted by molar-refractivity contribution is 5.18. The summed E-state index contributed by atoms with van der Waals surface area (Å²) in [6.45, 7) is 6.10. The molecule has 4 heteroatoms. The van der Waals surface area contributed by atoms with E-state index < -0.39 is 6.10 Å². The standard InChI is InChI=1S/C10H18N2O2/c1-7(2)14-6-10(13)9-5-12(4)11-8(9)3/h5,7,10,13H,6H2,1-4H3. The van der Waals surface area contributed by atoms with Gasteiger partial charge in [0.25, 0.3) is 0 Å². The summed E-state index contributed by atoms with van der Waals surface area (Å²) >= 11 is 0. The Balaban J connectivity index is 2.60. The number of nitrogens with zero attached hydrogens (tertiary/aromatic N) is 2. The highest BCUT2D eigenvalue weighted by Gasteiger charge is 2.13. The minimum absolute atomic E-state index is 0.140. The molecule has 0 fully saturated rings. The zero-order chi connectivity index (χ0) is 10.7. The number of aliphatic hydroxyl groups is 1. The summed E-state index contributed by atoms with van der Waals surface area (Å²) in [5.74, 6) is 0. The van der Waals surface area contributed by atoms with Gasteiger partial charge in [-0.1, -0.05) is 0 Å². The first-order chi connectivity index (χ1) is 6.50. The van der Waals surface area contributed by atoms with E-state index in [0.717, 1.165) is 11.3 Å². The van der Waals surface area contributed by atoms with Gasteiger partial charge in [0.1, 0.15) is 6.10 Å². The van der Waals surface area contributed by atoms with Crippen LogP contribution in [0.3, 0.4) is 0 Å². The molecule has 0 amide bonds. The first kappa shape index (κ1) is 11.2. The Hall–Kier alpha value is -0.870. The number of aryl methyl sites for hydroxylation is 2. The van der Waals surface area contributed by atoms with Crippen molar-refractivity contribution in [2.24, 2.45) is 7.05 Å². The lowest BCUT2D eigenvalue weighted by molar-refractivity contribution is 0.00467. The molecule has 80 valence electrons. The summed E-state index contributed by atoms with van der Waals surface area (Å²) in [6.07, 6.45) is 1.39. The van der Waals surface area contributed by atoms with Gasteiger partial charge >= 0.3 is 0 Å². The predicted molar refractivity (Wildman–Crippen MR) is 54.0 cm³/mol. The van der Waals surface area contributed by atoms with Crippen LogP contribution in [-0.2, 0) is 11.8 Å². The predicted octanol–water partition coefficient (Wildman–Crippen LogP) is 1.19. The Morgan fingerprint density at radius 1 is 1.57 bits per heavy atom. The average molecular weight is 198 g/mol. The van der Waals surface area contributed by atoms with E-state index in [0.29, 0.717) is 6.61 Å². The van der Waals surface area contributed by atoms with Crippen LogP contribution in [0, 0.1) is 6.92 Å². The molecule has 1 unspecified atom stereocenters. The molecular weight excluding hydrogens is 180 g/mol. The Morgan fingerprint density at radius 3 is 2.64 bits per heavy atom. The largest absolute Gasteiger partial charge is 0.386 e. The van der Waals surface area contributed by atoms with E-state index in [9.17, 15) is 5.11 Å². The number of hydrogen-bond acceptors (Lipinski definition) is 3. The van der Waals surface area contributed by atoms with Gasteiger partial charge in [-0.3, -0.25) is 4.68 Å². The fourth-order valence-electron chi connectivity index (χ4n) is 1.32. The molecule has 0 aliphatic rings.